The molecule has 0 radical (unpaired) electrons. The van der Waals surface area contributed by atoms with Crippen molar-refractivity contribution in [1.82, 2.24) is 14.8 Å². The number of rotatable bonds is 1. The Kier molecular flexibility index (Phi) is 3.63. The summed E-state index contributed by atoms with van der Waals surface area (Å²) in [6.45, 7) is 0. The zero-order chi connectivity index (χ0) is 16.9. The third-order valence-corrected chi connectivity index (χ3v) is 2.85. The van der Waals surface area contributed by atoms with Crippen molar-refractivity contribution in [2.45, 2.75) is 12.4 Å². The van der Waals surface area contributed by atoms with Gasteiger partial charge in [0.05, 0.1) is 16.9 Å². The fraction of sp³-hybridized carbons (Fsp3) is 0.200. The van der Waals surface area contributed by atoms with Crippen molar-refractivity contribution < 1.29 is 26.3 Å². The number of aromatic nitrogens is 3. The van der Waals surface area contributed by atoms with Gasteiger partial charge in [0.15, 0.2) is 17.3 Å². The van der Waals surface area contributed by atoms with Gasteiger partial charge in [-0.3, -0.25) is 0 Å². The number of hydrogen-bond donors (Lipinski definition) is 2. The van der Waals surface area contributed by atoms with Gasteiger partial charge in [-0.1, -0.05) is 11.6 Å². The maximum absolute atomic E-state index is 13.0. The van der Waals surface area contributed by atoms with E-state index in [4.69, 9.17) is 23.1 Å². The van der Waals surface area contributed by atoms with Crippen LogP contribution < -0.4 is 11.5 Å². The Morgan fingerprint density at radius 3 is 2.05 bits per heavy atom. The second-order valence-corrected chi connectivity index (χ2v) is 4.49. The SMILES string of the molecule is Nc1cnn(-c2nc(C(F)(F)F)c(Cl)cc2C(F)(F)F)c1N. The van der Waals surface area contributed by atoms with Gasteiger partial charge in [-0.25, -0.2) is 4.98 Å². The Hall–Kier alpha value is -2.17. The molecule has 2 heterocycles. The molecule has 0 fully saturated rings. The maximum atomic E-state index is 13.0. The molecule has 0 amide bonds. The van der Waals surface area contributed by atoms with Gasteiger partial charge < -0.3 is 11.5 Å². The maximum Gasteiger partial charge on any atom is 0.434 e. The molecule has 12 heteroatoms. The van der Waals surface area contributed by atoms with Crippen LogP contribution in [0.4, 0.5) is 37.8 Å². The van der Waals surface area contributed by atoms with Crippen LogP contribution in [0.15, 0.2) is 12.3 Å². The van der Waals surface area contributed by atoms with E-state index in [1.54, 1.807) is 0 Å². The van der Waals surface area contributed by atoms with Crippen LogP contribution in [0.2, 0.25) is 5.02 Å². The van der Waals surface area contributed by atoms with E-state index in [1.165, 1.54) is 0 Å². The van der Waals surface area contributed by atoms with Crippen LogP contribution in [0.5, 0.6) is 0 Å². The minimum absolute atomic E-state index is 0.115. The quantitative estimate of drug-likeness (QED) is 0.778. The number of nitrogen functional groups attached to an aromatic ring is 2. The molecule has 0 saturated carbocycles. The van der Waals surface area contributed by atoms with E-state index in [0.717, 1.165) is 6.20 Å². The fourth-order valence-electron chi connectivity index (χ4n) is 1.59. The third-order valence-electron chi connectivity index (χ3n) is 2.57. The van der Waals surface area contributed by atoms with Crippen molar-refractivity contribution in [2.75, 3.05) is 11.5 Å². The number of alkyl halides is 6. The van der Waals surface area contributed by atoms with Gasteiger partial charge in [0.2, 0.25) is 0 Å². The predicted molar refractivity (Wildman–Crippen MR) is 65.2 cm³/mol. The highest BCUT2D eigenvalue weighted by Crippen LogP contribution is 2.40. The molecule has 0 bridgehead atoms. The number of halogens is 7. The molecule has 0 aliphatic carbocycles. The van der Waals surface area contributed by atoms with E-state index >= 15 is 0 Å². The molecule has 5 nitrogen and oxygen atoms in total. The summed E-state index contributed by atoms with van der Waals surface area (Å²) in [5.74, 6) is -1.65. The lowest BCUT2D eigenvalue weighted by Gasteiger charge is -2.16. The first-order valence-corrected chi connectivity index (χ1v) is 5.75. The van der Waals surface area contributed by atoms with E-state index < -0.39 is 40.3 Å². The molecule has 0 spiro atoms. The summed E-state index contributed by atoms with van der Waals surface area (Å²) in [5, 5.41) is 2.21. The molecule has 2 rings (SSSR count). The number of nitrogens with zero attached hydrogens (tertiary/aromatic N) is 3. The van der Waals surface area contributed by atoms with Crippen LogP contribution in [-0.4, -0.2) is 14.8 Å². The molecule has 2 aromatic heterocycles. The van der Waals surface area contributed by atoms with Crippen molar-refractivity contribution in [3.8, 4) is 5.82 Å². The lowest BCUT2D eigenvalue weighted by atomic mass is 10.2. The Bertz CT molecular complexity index is 720. The van der Waals surface area contributed by atoms with Crippen molar-refractivity contribution in [3.63, 3.8) is 0 Å². The van der Waals surface area contributed by atoms with E-state index in [0.29, 0.717) is 4.68 Å². The van der Waals surface area contributed by atoms with Gasteiger partial charge in [-0.2, -0.15) is 36.1 Å². The van der Waals surface area contributed by atoms with Crippen molar-refractivity contribution in [3.05, 3.63) is 28.5 Å². The van der Waals surface area contributed by atoms with Crippen molar-refractivity contribution >= 4 is 23.1 Å². The van der Waals surface area contributed by atoms with E-state index in [2.05, 4.69) is 10.1 Å². The van der Waals surface area contributed by atoms with Gasteiger partial charge in [0.1, 0.15) is 5.56 Å². The summed E-state index contributed by atoms with van der Waals surface area (Å²) in [6.07, 6.45) is -9.19. The molecule has 0 aliphatic heterocycles. The van der Waals surface area contributed by atoms with Crippen molar-refractivity contribution in [2.24, 2.45) is 0 Å². The Labute approximate surface area is 123 Å². The van der Waals surface area contributed by atoms with Crippen LogP contribution >= 0.6 is 11.6 Å². The molecule has 0 aromatic carbocycles. The highest BCUT2D eigenvalue weighted by atomic mass is 35.5. The van der Waals surface area contributed by atoms with Crippen LogP contribution in [0, 0.1) is 0 Å². The van der Waals surface area contributed by atoms with Gasteiger partial charge >= 0.3 is 12.4 Å². The van der Waals surface area contributed by atoms with E-state index in [1.807, 2.05) is 0 Å². The number of nitrogens with two attached hydrogens (primary N) is 2. The summed E-state index contributed by atoms with van der Waals surface area (Å²) < 4.78 is 77.6. The predicted octanol–water partition coefficient (Wildman–Crippen LogP) is 3.12. The van der Waals surface area contributed by atoms with Crippen LogP contribution in [0.25, 0.3) is 5.82 Å². The molecule has 2 aromatic rings. The topological polar surface area (TPSA) is 82.8 Å². The average molecular weight is 346 g/mol. The molecular formula is C10H6ClF6N5. The molecule has 0 aliphatic rings. The Balaban J connectivity index is 2.82. The first-order chi connectivity index (χ1) is 9.93. The lowest BCUT2D eigenvalue weighted by molar-refractivity contribution is -0.144. The molecule has 4 N–H and O–H groups in total. The van der Waals surface area contributed by atoms with Crippen LogP contribution in [-0.2, 0) is 12.4 Å². The zero-order valence-corrected chi connectivity index (χ0v) is 11.1. The number of hydrogen-bond acceptors (Lipinski definition) is 4. The second-order valence-electron chi connectivity index (χ2n) is 4.08. The highest BCUT2D eigenvalue weighted by molar-refractivity contribution is 6.31. The normalized spacial score (nSPS) is 12.7. The van der Waals surface area contributed by atoms with Gasteiger partial charge in [-0.05, 0) is 6.07 Å². The molecule has 0 saturated heterocycles. The van der Waals surface area contributed by atoms with Crippen LogP contribution in [0.1, 0.15) is 11.3 Å². The summed E-state index contributed by atoms with van der Waals surface area (Å²) in [4.78, 5) is 2.94. The number of pyridine rings is 1. The van der Waals surface area contributed by atoms with E-state index in [-0.39, 0.29) is 11.8 Å². The monoisotopic (exact) mass is 345 g/mol. The summed E-state index contributed by atoms with van der Waals surface area (Å²) >= 11 is 5.26. The number of anilines is 2. The van der Waals surface area contributed by atoms with Crippen LogP contribution in [0.3, 0.4) is 0 Å². The van der Waals surface area contributed by atoms with Gasteiger partial charge in [-0.15, -0.1) is 0 Å². The fourth-order valence-corrected chi connectivity index (χ4v) is 1.85. The van der Waals surface area contributed by atoms with Gasteiger partial charge in [0.25, 0.3) is 0 Å². The second kappa shape index (κ2) is 4.93. The first kappa shape index (κ1) is 16.2. The largest absolute Gasteiger partial charge is 0.434 e. The molecule has 22 heavy (non-hydrogen) atoms. The molecule has 0 unspecified atom stereocenters. The summed E-state index contributed by atoms with van der Waals surface area (Å²) in [6, 6.07) is 0.115. The molecular weight excluding hydrogens is 340 g/mol. The van der Waals surface area contributed by atoms with Crippen molar-refractivity contribution in [1.29, 1.82) is 0 Å². The summed E-state index contributed by atoms with van der Waals surface area (Å²) in [7, 11) is 0. The molecule has 120 valence electrons. The third kappa shape index (κ3) is 2.75. The zero-order valence-electron chi connectivity index (χ0n) is 10.3. The highest BCUT2D eigenvalue weighted by Gasteiger charge is 2.41. The smallest absolute Gasteiger partial charge is 0.394 e. The van der Waals surface area contributed by atoms with Gasteiger partial charge in [0, 0.05) is 0 Å². The Morgan fingerprint density at radius 1 is 1.05 bits per heavy atom. The Morgan fingerprint density at radius 2 is 1.64 bits per heavy atom. The first-order valence-electron chi connectivity index (χ1n) is 5.37. The summed E-state index contributed by atoms with van der Waals surface area (Å²) in [5.41, 5.74) is 7.30. The standard InChI is InChI=1S/C10H6ClF6N5/c11-4-1-3(9(12,13)14)8(21-6(4)10(15,16)17)22-7(19)5(18)2-20-22/h1-2H,18-19H2. The average Bonchev–Trinajstić information content (AvgIpc) is 2.67. The molecule has 0 atom stereocenters. The lowest BCUT2D eigenvalue weighted by Crippen LogP contribution is -2.19. The minimum atomic E-state index is -5.05. The van der Waals surface area contributed by atoms with E-state index in [9.17, 15) is 26.3 Å². The minimum Gasteiger partial charge on any atom is -0.394 e.